The van der Waals surface area contributed by atoms with Crippen molar-refractivity contribution in [2.45, 2.75) is 70.6 Å². The lowest BCUT2D eigenvalue weighted by molar-refractivity contribution is 0.0149. The van der Waals surface area contributed by atoms with Gasteiger partial charge in [0.15, 0.2) is 0 Å². The summed E-state index contributed by atoms with van der Waals surface area (Å²) in [6, 6.07) is 0. The molecule has 19 heavy (non-hydrogen) atoms. The second-order valence-electron chi connectivity index (χ2n) is 7.70. The second-order valence-corrected chi connectivity index (χ2v) is 7.70. The Balaban J connectivity index is 1.53. The van der Waals surface area contributed by atoms with Crippen LogP contribution in [0, 0.1) is 10.8 Å². The van der Waals surface area contributed by atoms with Gasteiger partial charge in [-0.1, -0.05) is 32.1 Å². The second kappa shape index (κ2) is 5.73. The van der Waals surface area contributed by atoms with E-state index in [4.69, 9.17) is 0 Å². The quantitative estimate of drug-likeness (QED) is 0.843. The van der Waals surface area contributed by atoms with E-state index in [1.165, 1.54) is 90.3 Å². The third-order valence-corrected chi connectivity index (χ3v) is 6.39. The molecule has 2 nitrogen and oxygen atoms in total. The summed E-state index contributed by atoms with van der Waals surface area (Å²) in [7, 11) is 0. The lowest BCUT2D eigenvalue weighted by Gasteiger charge is -2.45. The van der Waals surface area contributed by atoms with E-state index in [-0.39, 0.29) is 5.41 Å². The molecule has 0 atom stereocenters. The highest BCUT2D eigenvalue weighted by Gasteiger charge is 2.39. The summed E-state index contributed by atoms with van der Waals surface area (Å²) in [5.41, 5.74) is 0.980. The first-order valence-corrected chi connectivity index (χ1v) is 8.59. The van der Waals surface area contributed by atoms with Gasteiger partial charge in [-0.05, 0) is 57.0 Å². The van der Waals surface area contributed by atoms with Crippen molar-refractivity contribution in [1.29, 1.82) is 0 Å². The van der Waals surface area contributed by atoms with Crippen LogP contribution in [0.1, 0.15) is 70.6 Å². The molecular weight excluding hydrogens is 234 g/mol. The Morgan fingerprint density at radius 3 is 1.89 bits per heavy atom. The zero-order chi connectivity index (χ0) is 13.2. The van der Waals surface area contributed by atoms with E-state index in [1.807, 2.05) is 0 Å². The van der Waals surface area contributed by atoms with Gasteiger partial charge in [-0.15, -0.1) is 0 Å². The smallest absolute Gasteiger partial charge is 0.0499 e. The van der Waals surface area contributed by atoms with Gasteiger partial charge in [0.2, 0.25) is 0 Å². The molecule has 0 aromatic carbocycles. The number of piperidine rings is 1. The van der Waals surface area contributed by atoms with Gasteiger partial charge in [0.1, 0.15) is 0 Å². The minimum absolute atomic E-state index is 0.248. The SMILES string of the molecule is OCC1(CN2CCC3(CCCC3)CC2)CCCCC1. The van der Waals surface area contributed by atoms with Crippen LogP contribution in [-0.4, -0.2) is 36.2 Å². The average molecular weight is 265 g/mol. The number of hydrogen-bond acceptors (Lipinski definition) is 2. The van der Waals surface area contributed by atoms with Crippen molar-refractivity contribution in [2.24, 2.45) is 10.8 Å². The summed E-state index contributed by atoms with van der Waals surface area (Å²) in [6.45, 7) is 4.16. The highest BCUT2D eigenvalue weighted by Crippen LogP contribution is 2.47. The third kappa shape index (κ3) is 3.00. The van der Waals surface area contributed by atoms with Crippen LogP contribution < -0.4 is 0 Å². The molecule has 1 N–H and O–H groups in total. The molecule has 0 aromatic heterocycles. The van der Waals surface area contributed by atoms with Crippen molar-refractivity contribution in [3.05, 3.63) is 0 Å². The first-order valence-electron chi connectivity index (χ1n) is 8.59. The van der Waals surface area contributed by atoms with Crippen molar-refractivity contribution < 1.29 is 5.11 Å². The Morgan fingerprint density at radius 1 is 0.737 bits per heavy atom. The molecule has 0 radical (unpaired) electrons. The predicted molar refractivity (Wildman–Crippen MR) is 79.2 cm³/mol. The molecule has 2 aliphatic carbocycles. The first kappa shape index (κ1) is 13.9. The molecule has 1 heterocycles. The van der Waals surface area contributed by atoms with Crippen LogP contribution in [-0.2, 0) is 0 Å². The number of likely N-dealkylation sites (tertiary alicyclic amines) is 1. The number of hydrogen-bond donors (Lipinski definition) is 1. The molecule has 0 bridgehead atoms. The van der Waals surface area contributed by atoms with Gasteiger partial charge in [-0.3, -0.25) is 0 Å². The van der Waals surface area contributed by atoms with E-state index in [9.17, 15) is 5.11 Å². The minimum atomic E-state index is 0.248. The third-order valence-electron chi connectivity index (χ3n) is 6.39. The average Bonchev–Trinajstić information content (AvgIpc) is 2.91. The van der Waals surface area contributed by atoms with Gasteiger partial charge in [0.25, 0.3) is 0 Å². The highest BCUT2D eigenvalue weighted by molar-refractivity contribution is 4.92. The molecule has 1 saturated heterocycles. The summed E-state index contributed by atoms with van der Waals surface area (Å²) in [5.74, 6) is 0. The van der Waals surface area contributed by atoms with Crippen molar-refractivity contribution in [3.63, 3.8) is 0 Å². The fourth-order valence-corrected chi connectivity index (χ4v) is 4.95. The zero-order valence-electron chi connectivity index (χ0n) is 12.5. The fraction of sp³-hybridized carbons (Fsp3) is 1.00. The Labute approximate surface area is 118 Å². The van der Waals surface area contributed by atoms with Crippen molar-refractivity contribution in [3.8, 4) is 0 Å². The maximum absolute atomic E-state index is 9.85. The van der Waals surface area contributed by atoms with Crippen LogP contribution in [0.2, 0.25) is 0 Å². The van der Waals surface area contributed by atoms with Gasteiger partial charge < -0.3 is 10.0 Å². The van der Waals surface area contributed by atoms with Crippen LogP contribution in [0.15, 0.2) is 0 Å². The number of nitrogens with zero attached hydrogens (tertiary/aromatic N) is 1. The molecule has 2 saturated carbocycles. The molecule has 1 aliphatic heterocycles. The van der Waals surface area contributed by atoms with Crippen molar-refractivity contribution in [2.75, 3.05) is 26.2 Å². The molecule has 0 amide bonds. The molecule has 1 spiro atoms. The van der Waals surface area contributed by atoms with Gasteiger partial charge in [-0.2, -0.15) is 0 Å². The number of aliphatic hydroxyl groups excluding tert-OH is 1. The van der Waals surface area contributed by atoms with E-state index in [1.54, 1.807) is 0 Å². The molecule has 110 valence electrons. The predicted octanol–water partition coefficient (Wildman–Crippen LogP) is 3.59. The summed E-state index contributed by atoms with van der Waals surface area (Å²) < 4.78 is 0. The molecule has 0 aromatic rings. The van der Waals surface area contributed by atoms with Crippen molar-refractivity contribution in [1.82, 2.24) is 4.90 Å². The fourth-order valence-electron chi connectivity index (χ4n) is 4.95. The van der Waals surface area contributed by atoms with Crippen LogP contribution in [0.5, 0.6) is 0 Å². The van der Waals surface area contributed by atoms with E-state index in [0.717, 1.165) is 5.41 Å². The largest absolute Gasteiger partial charge is 0.396 e. The Bertz CT molecular complexity index is 280. The molecule has 0 unspecified atom stereocenters. The number of rotatable bonds is 3. The summed E-state index contributed by atoms with van der Waals surface area (Å²) >= 11 is 0. The summed E-state index contributed by atoms with van der Waals surface area (Å²) in [6.07, 6.45) is 15.3. The molecule has 2 heteroatoms. The Kier molecular flexibility index (Phi) is 4.19. The first-order chi connectivity index (χ1) is 9.26. The normalized spacial score (nSPS) is 30.8. The maximum Gasteiger partial charge on any atom is 0.0499 e. The minimum Gasteiger partial charge on any atom is -0.396 e. The van der Waals surface area contributed by atoms with Gasteiger partial charge in [0, 0.05) is 18.6 Å². The standard InChI is InChI=1S/C17H31NO/c19-15-17(8-2-1-3-9-17)14-18-12-10-16(11-13-18)6-4-5-7-16/h19H,1-15H2. The zero-order valence-corrected chi connectivity index (χ0v) is 12.5. The van der Waals surface area contributed by atoms with E-state index in [0.29, 0.717) is 6.61 Å². The van der Waals surface area contributed by atoms with E-state index in [2.05, 4.69) is 4.90 Å². The van der Waals surface area contributed by atoms with Gasteiger partial charge >= 0.3 is 0 Å². The van der Waals surface area contributed by atoms with Crippen molar-refractivity contribution >= 4 is 0 Å². The summed E-state index contributed by atoms with van der Waals surface area (Å²) in [5, 5.41) is 9.85. The molecule has 3 aliphatic rings. The van der Waals surface area contributed by atoms with Crippen LogP contribution in [0.4, 0.5) is 0 Å². The maximum atomic E-state index is 9.85. The highest BCUT2D eigenvalue weighted by atomic mass is 16.3. The molecular formula is C17H31NO. The topological polar surface area (TPSA) is 23.5 Å². The van der Waals surface area contributed by atoms with Crippen LogP contribution in [0.3, 0.4) is 0 Å². The van der Waals surface area contributed by atoms with Gasteiger partial charge in [-0.25, -0.2) is 0 Å². The Hall–Kier alpha value is -0.0800. The van der Waals surface area contributed by atoms with E-state index >= 15 is 0 Å². The van der Waals surface area contributed by atoms with E-state index < -0.39 is 0 Å². The van der Waals surface area contributed by atoms with Gasteiger partial charge in [0.05, 0.1) is 0 Å². The monoisotopic (exact) mass is 265 g/mol. The molecule has 3 rings (SSSR count). The Morgan fingerprint density at radius 2 is 1.32 bits per heavy atom. The van der Waals surface area contributed by atoms with Crippen LogP contribution in [0.25, 0.3) is 0 Å². The lowest BCUT2D eigenvalue weighted by atomic mass is 9.72. The molecule has 3 fully saturated rings. The summed E-state index contributed by atoms with van der Waals surface area (Å²) in [4.78, 5) is 2.67. The van der Waals surface area contributed by atoms with Crippen LogP contribution >= 0.6 is 0 Å². The lowest BCUT2D eigenvalue weighted by Crippen LogP contribution is -2.46. The number of aliphatic hydroxyl groups is 1.